The van der Waals surface area contributed by atoms with Crippen LogP contribution in [0.4, 0.5) is 0 Å². The van der Waals surface area contributed by atoms with Crippen molar-refractivity contribution in [2.45, 2.75) is 6.92 Å². The monoisotopic (exact) mass is 222 g/mol. The summed E-state index contributed by atoms with van der Waals surface area (Å²) in [6.07, 6.45) is 0. The predicted octanol–water partition coefficient (Wildman–Crippen LogP) is -0.343. The molecule has 5 nitrogen and oxygen atoms in total. The molecule has 0 saturated carbocycles. The molecule has 0 aromatic heterocycles. The van der Waals surface area contributed by atoms with E-state index in [4.69, 9.17) is 24.4 Å². The Bertz CT molecular complexity index is 136. The van der Waals surface area contributed by atoms with E-state index in [1.807, 2.05) is 0 Å². The molecule has 5 heteroatoms. The Labute approximate surface area is 91.0 Å². The van der Waals surface area contributed by atoms with Crippen molar-refractivity contribution in [3.8, 4) is 0 Å². The molecular formula is C10H22O5. The van der Waals surface area contributed by atoms with Crippen molar-refractivity contribution in [2.24, 2.45) is 5.41 Å². The first-order valence-electron chi connectivity index (χ1n) is 5.04. The number of aliphatic hydroxyl groups is 2. The quantitative estimate of drug-likeness (QED) is 0.495. The van der Waals surface area contributed by atoms with Crippen molar-refractivity contribution >= 4 is 0 Å². The number of rotatable bonds is 10. The molecule has 0 amide bonds. The lowest BCUT2D eigenvalue weighted by Crippen LogP contribution is -2.32. The first kappa shape index (κ1) is 14.8. The summed E-state index contributed by atoms with van der Waals surface area (Å²) < 4.78 is 15.3. The van der Waals surface area contributed by atoms with Gasteiger partial charge < -0.3 is 24.4 Å². The Morgan fingerprint density at radius 3 is 2.00 bits per heavy atom. The molecule has 0 radical (unpaired) electrons. The molecule has 0 unspecified atom stereocenters. The number of methoxy groups -OCH3 is 1. The lowest BCUT2D eigenvalue weighted by atomic mass is 9.95. The molecule has 0 aromatic rings. The minimum atomic E-state index is -0.563. The summed E-state index contributed by atoms with van der Waals surface area (Å²) >= 11 is 0. The molecule has 0 aliphatic rings. The highest BCUT2D eigenvalue weighted by molar-refractivity contribution is 4.70. The Hall–Kier alpha value is -0.200. The fraction of sp³-hybridized carbons (Fsp3) is 1.00. The molecule has 0 bridgehead atoms. The highest BCUT2D eigenvalue weighted by atomic mass is 16.5. The standard InChI is InChI=1S/C10H22O5/c1-10(7-11,8-12)9-15-6-5-14-4-3-13-2/h11-12H,3-9H2,1-2H3. The zero-order valence-electron chi connectivity index (χ0n) is 9.57. The molecule has 0 aromatic carbocycles. The fourth-order valence-electron chi connectivity index (χ4n) is 0.822. The summed E-state index contributed by atoms with van der Waals surface area (Å²) in [5, 5.41) is 17.9. The first-order chi connectivity index (χ1) is 7.18. The van der Waals surface area contributed by atoms with E-state index in [9.17, 15) is 0 Å². The van der Waals surface area contributed by atoms with Crippen LogP contribution >= 0.6 is 0 Å². The highest BCUT2D eigenvalue weighted by Crippen LogP contribution is 2.13. The van der Waals surface area contributed by atoms with Gasteiger partial charge in [-0.3, -0.25) is 0 Å². The molecule has 0 fully saturated rings. The molecule has 2 N–H and O–H groups in total. The molecule has 15 heavy (non-hydrogen) atoms. The van der Waals surface area contributed by atoms with E-state index in [2.05, 4.69) is 0 Å². The summed E-state index contributed by atoms with van der Waals surface area (Å²) in [5.74, 6) is 0. The van der Waals surface area contributed by atoms with E-state index in [-0.39, 0.29) is 13.2 Å². The Kier molecular flexibility index (Phi) is 8.94. The number of aliphatic hydroxyl groups excluding tert-OH is 2. The predicted molar refractivity (Wildman–Crippen MR) is 55.8 cm³/mol. The van der Waals surface area contributed by atoms with Gasteiger partial charge in [0.15, 0.2) is 0 Å². The van der Waals surface area contributed by atoms with E-state index < -0.39 is 5.41 Å². The van der Waals surface area contributed by atoms with Crippen molar-refractivity contribution in [1.82, 2.24) is 0 Å². The fourth-order valence-corrected chi connectivity index (χ4v) is 0.822. The van der Waals surface area contributed by atoms with Gasteiger partial charge in [0, 0.05) is 12.5 Å². The Morgan fingerprint density at radius 1 is 0.933 bits per heavy atom. The number of ether oxygens (including phenoxy) is 3. The second-order valence-electron chi connectivity index (χ2n) is 3.78. The molecule has 0 aliphatic carbocycles. The molecule has 0 saturated heterocycles. The van der Waals surface area contributed by atoms with Crippen LogP contribution in [-0.2, 0) is 14.2 Å². The maximum absolute atomic E-state index is 8.97. The van der Waals surface area contributed by atoms with Crippen LogP contribution in [0.2, 0.25) is 0 Å². The van der Waals surface area contributed by atoms with E-state index >= 15 is 0 Å². The van der Waals surface area contributed by atoms with Gasteiger partial charge in [0.2, 0.25) is 0 Å². The van der Waals surface area contributed by atoms with E-state index in [1.54, 1.807) is 14.0 Å². The van der Waals surface area contributed by atoms with Crippen LogP contribution in [0.25, 0.3) is 0 Å². The van der Waals surface area contributed by atoms with Crippen LogP contribution in [-0.4, -0.2) is 63.6 Å². The van der Waals surface area contributed by atoms with Crippen LogP contribution in [0.1, 0.15) is 6.92 Å². The zero-order chi connectivity index (χ0) is 11.6. The summed E-state index contributed by atoms with van der Waals surface area (Å²) in [7, 11) is 1.62. The topological polar surface area (TPSA) is 68.2 Å². The van der Waals surface area contributed by atoms with Gasteiger partial charge in [-0.1, -0.05) is 6.92 Å². The zero-order valence-corrected chi connectivity index (χ0v) is 9.57. The molecule has 92 valence electrons. The van der Waals surface area contributed by atoms with Crippen LogP contribution in [0.15, 0.2) is 0 Å². The molecular weight excluding hydrogens is 200 g/mol. The molecule has 0 atom stereocenters. The van der Waals surface area contributed by atoms with Crippen molar-refractivity contribution in [3.63, 3.8) is 0 Å². The maximum atomic E-state index is 8.97. The van der Waals surface area contributed by atoms with E-state index in [0.29, 0.717) is 33.0 Å². The van der Waals surface area contributed by atoms with Gasteiger partial charge in [-0.15, -0.1) is 0 Å². The second kappa shape index (κ2) is 9.06. The SMILES string of the molecule is COCCOCCOCC(C)(CO)CO. The minimum absolute atomic E-state index is 0.0893. The van der Waals surface area contributed by atoms with Crippen LogP contribution in [0, 0.1) is 5.41 Å². The van der Waals surface area contributed by atoms with Crippen molar-refractivity contribution in [3.05, 3.63) is 0 Å². The van der Waals surface area contributed by atoms with E-state index in [0.717, 1.165) is 0 Å². The van der Waals surface area contributed by atoms with Gasteiger partial charge in [-0.25, -0.2) is 0 Å². The van der Waals surface area contributed by atoms with Gasteiger partial charge in [0.25, 0.3) is 0 Å². The van der Waals surface area contributed by atoms with Crippen LogP contribution in [0.5, 0.6) is 0 Å². The Morgan fingerprint density at radius 2 is 1.47 bits per heavy atom. The Balaban J connectivity index is 3.29. The van der Waals surface area contributed by atoms with Crippen molar-refractivity contribution < 1.29 is 24.4 Å². The third kappa shape index (κ3) is 7.70. The summed E-state index contributed by atoms with van der Waals surface area (Å²) in [6, 6.07) is 0. The molecule has 0 aliphatic heterocycles. The molecule has 0 rings (SSSR count). The summed E-state index contributed by atoms with van der Waals surface area (Å²) in [4.78, 5) is 0. The lowest BCUT2D eigenvalue weighted by molar-refractivity contribution is -0.0364. The second-order valence-corrected chi connectivity index (χ2v) is 3.78. The van der Waals surface area contributed by atoms with Gasteiger partial charge in [-0.2, -0.15) is 0 Å². The first-order valence-corrected chi connectivity index (χ1v) is 5.04. The maximum Gasteiger partial charge on any atom is 0.0701 e. The van der Waals surface area contributed by atoms with Gasteiger partial charge >= 0.3 is 0 Å². The lowest BCUT2D eigenvalue weighted by Gasteiger charge is -2.24. The minimum Gasteiger partial charge on any atom is -0.396 e. The number of hydrogen-bond acceptors (Lipinski definition) is 5. The van der Waals surface area contributed by atoms with Gasteiger partial charge in [-0.05, 0) is 0 Å². The largest absolute Gasteiger partial charge is 0.396 e. The van der Waals surface area contributed by atoms with Gasteiger partial charge in [0.05, 0.1) is 46.2 Å². The average Bonchev–Trinajstić information content (AvgIpc) is 2.27. The smallest absolute Gasteiger partial charge is 0.0701 e. The third-order valence-corrected chi connectivity index (χ3v) is 2.02. The summed E-state index contributed by atoms with van der Waals surface area (Å²) in [5.41, 5.74) is -0.563. The summed E-state index contributed by atoms with van der Waals surface area (Å²) in [6.45, 7) is 3.99. The van der Waals surface area contributed by atoms with Crippen LogP contribution < -0.4 is 0 Å². The molecule has 0 spiro atoms. The van der Waals surface area contributed by atoms with Gasteiger partial charge in [0.1, 0.15) is 0 Å². The third-order valence-electron chi connectivity index (χ3n) is 2.02. The normalized spacial score (nSPS) is 12.0. The van der Waals surface area contributed by atoms with Crippen LogP contribution in [0.3, 0.4) is 0 Å². The average molecular weight is 222 g/mol. The number of hydrogen-bond donors (Lipinski definition) is 2. The van der Waals surface area contributed by atoms with Crippen molar-refractivity contribution in [1.29, 1.82) is 0 Å². The van der Waals surface area contributed by atoms with Crippen molar-refractivity contribution in [2.75, 3.05) is 53.4 Å². The molecule has 0 heterocycles. The highest BCUT2D eigenvalue weighted by Gasteiger charge is 2.22. The van der Waals surface area contributed by atoms with E-state index in [1.165, 1.54) is 0 Å².